The van der Waals surface area contributed by atoms with E-state index in [-0.39, 0.29) is 23.7 Å². The summed E-state index contributed by atoms with van der Waals surface area (Å²) in [6.45, 7) is 5.09. The van der Waals surface area contributed by atoms with Crippen molar-refractivity contribution >= 4 is 22.6 Å². The lowest BCUT2D eigenvalue weighted by Crippen LogP contribution is -2.38. The number of fused-ring (bicyclic) bond motifs is 6. The largest absolute Gasteiger partial charge is 0.349 e. The Morgan fingerprint density at radius 1 is 0.946 bits per heavy atom. The molecule has 0 spiro atoms. The first-order valence-electron chi connectivity index (χ1n) is 14.1. The quantitative estimate of drug-likeness (QED) is 0.373. The van der Waals surface area contributed by atoms with Gasteiger partial charge in [0.25, 0.3) is 5.91 Å². The average Bonchev–Trinajstić information content (AvgIpc) is 3.47. The zero-order chi connectivity index (χ0) is 25.5. The van der Waals surface area contributed by atoms with E-state index in [1.54, 1.807) is 6.20 Å². The monoisotopic (exact) mass is 495 g/mol. The normalized spacial score (nSPS) is 24.9. The highest BCUT2D eigenvalue weighted by atomic mass is 16.1. The summed E-state index contributed by atoms with van der Waals surface area (Å²) in [5.41, 5.74) is 5.31. The van der Waals surface area contributed by atoms with Gasteiger partial charge >= 0.3 is 0 Å². The van der Waals surface area contributed by atoms with Gasteiger partial charge in [-0.25, -0.2) is 0 Å². The van der Waals surface area contributed by atoms with Crippen LogP contribution in [0, 0.1) is 11.8 Å². The van der Waals surface area contributed by atoms with Crippen LogP contribution in [0.25, 0.3) is 10.9 Å². The number of nitrogens with one attached hydrogen (secondary N) is 1. The van der Waals surface area contributed by atoms with Gasteiger partial charge in [-0.1, -0.05) is 38.1 Å². The topological polar surface area (TPSA) is 62.3 Å². The molecule has 3 aliphatic rings. The lowest BCUT2D eigenvalue weighted by molar-refractivity contribution is 0.0917. The summed E-state index contributed by atoms with van der Waals surface area (Å²) >= 11 is 0. The van der Waals surface area contributed by atoms with Crippen LogP contribution in [-0.2, 0) is 0 Å². The number of nitrogens with zero attached hydrogens (tertiary/aromatic N) is 2. The third kappa shape index (κ3) is 4.59. The lowest BCUT2D eigenvalue weighted by Gasteiger charge is -2.31. The molecule has 0 radical (unpaired) electrons. The first-order valence-corrected chi connectivity index (χ1v) is 14.1. The Morgan fingerprint density at radius 2 is 1.73 bits per heavy atom. The fourth-order valence-corrected chi connectivity index (χ4v) is 6.99. The SMILES string of the molecule is CC(C)C(=O)c1ccc2c(c1)[C@H]1CC[C@@H]2N1CC[C@H]1CC[C@H](NC(=O)c2cccc3ncccc23)CC1. The number of ketones is 1. The van der Waals surface area contributed by atoms with Crippen molar-refractivity contribution in [2.75, 3.05) is 6.54 Å². The van der Waals surface area contributed by atoms with E-state index in [0.29, 0.717) is 12.1 Å². The highest BCUT2D eigenvalue weighted by Crippen LogP contribution is 2.53. The number of aromatic nitrogens is 1. The number of hydrogen-bond acceptors (Lipinski definition) is 4. The summed E-state index contributed by atoms with van der Waals surface area (Å²) in [6.07, 6.45) is 9.87. The molecule has 1 saturated heterocycles. The third-order valence-electron chi connectivity index (χ3n) is 9.00. The van der Waals surface area contributed by atoms with Crippen LogP contribution >= 0.6 is 0 Å². The maximum Gasteiger partial charge on any atom is 0.252 e. The number of amides is 1. The predicted molar refractivity (Wildman–Crippen MR) is 147 cm³/mol. The molecular formula is C32H37N3O2. The van der Waals surface area contributed by atoms with Gasteiger partial charge in [-0.2, -0.15) is 0 Å². The molecule has 5 heteroatoms. The molecule has 1 N–H and O–H groups in total. The second kappa shape index (κ2) is 10.0. The summed E-state index contributed by atoms with van der Waals surface area (Å²) in [7, 11) is 0. The molecule has 1 saturated carbocycles. The van der Waals surface area contributed by atoms with Gasteiger partial charge in [0.15, 0.2) is 5.78 Å². The van der Waals surface area contributed by atoms with Crippen LogP contribution in [0.4, 0.5) is 0 Å². The number of carbonyl (C=O) groups excluding carboxylic acids is 2. The molecule has 2 bridgehead atoms. The molecule has 6 rings (SSSR count). The molecule has 5 nitrogen and oxygen atoms in total. The molecule has 1 aromatic heterocycles. The maximum absolute atomic E-state index is 13.0. The van der Waals surface area contributed by atoms with Gasteiger partial charge in [-0.15, -0.1) is 0 Å². The second-order valence-corrected chi connectivity index (χ2v) is 11.6. The lowest BCUT2D eigenvalue weighted by atomic mass is 9.84. The summed E-state index contributed by atoms with van der Waals surface area (Å²) in [5, 5.41) is 4.21. The van der Waals surface area contributed by atoms with Gasteiger partial charge in [0.2, 0.25) is 0 Å². The van der Waals surface area contributed by atoms with Crippen molar-refractivity contribution in [3.8, 4) is 0 Å². The molecule has 1 aliphatic carbocycles. The van der Waals surface area contributed by atoms with E-state index in [9.17, 15) is 9.59 Å². The van der Waals surface area contributed by atoms with E-state index < -0.39 is 0 Å². The molecule has 37 heavy (non-hydrogen) atoms. The van der Waals surface area contributed by atoms with Gasteiger partial charge in [0, 0.05) is 46.8 Å². The standard InChI is InChI=1S/C32H37N3O2/c1-20(2)31(36)22-10-13-25-27(19-22)30-15-14-29(25)35(30)18-16-21-8-11-23(12-9-21)34-32(37)26-5-3-7-28-24(26)6-4-17-33-28/h3-7,10,13,17,19-21,23,29-30H,8-9,11-12,14-16,18H2,1-2H3,(H,34,37)/t21-,23-,29-,30+/m0/s1. The minimum Gasteiger partial charge on any atom is -0.349 e. The Balaban J connectivity index is 1.02. The molecule has 1 amide bonds. The summed E-state index contributed by atoms with van der Waals surface area (Å²) in [5.74, 6) is 1.02. The first-order chi connectivity index (χ1) is 18.0. The molecule has 192 valence electrons. The van der Waals surface area contributed by atoms with E-state index in [1.165, 1.54) is 43.2 Å². The van der Waals surface area contributed by atoms with Crippen LogP contribution in [0.3, 0.4) is 0 Å². The van der Waals surface area contributed by atoms with Crippen LogP contribution in [0.2, 0.25) is 0 Å². The van der Waals surface area contributed by atoms with Crippen molar-refractivity contribution in [2.24, 2.45) is 11.8 Å². The van der Waals surface area contributed by atoms with Crippen molar-refractivity contribution in [3.63, 3.8) is 0 Å². The fourth-order valence-electron chi connectivity index (χ4n) is 6.99. The van der Waals surface area contributed by atoms with E-state index in [0.717, 1.165) is 47.3 Å². The van der Waals surface area contributed by atoms with Crippen LogP contribution < -0.4 is 5.32 Å². The molecule has 2 atom stereocenters. The number of rotatable bonds is 7. The Hall–Kier alpha value is -3.05. The van der Waals surface area contributed by atoms with Gasteiger partial charge in [0.1, 0.15) is 0 Å². The zero-order valence-electron chi connectivity index (χ0n) is 22.0. The van der Waals surface area contributed by atoms with E-state index >= 15 is 0 Å². The molecule has 2 aromatic carbocycles. The Labute approximate surface area is 219 Å². The second-order valence-electron chi connectivity index (χ2n) is 11.6. The van der Waals surface area contributed by atoms with Gasteiger partial charge in [-0.05, 0) is 92.8 Å². The highest BCUT2D eigenvalue weighted by molar-refractivity contribution is 6.06. The van der Waals surface area contributed by atoms with Crippen LogP contribution in [0.15, 0.2) is 54.7 Å². The number of Topliss-reactive ketones (excluding diaryl/α,β-unsaturated/α-hetero) is 1. The zero-order valence-corrected chi connectivity index (χ0v) is 22.0. The van der Waals surface area contributed by atoms with E-state index in [2.05, 4.69) is 27.3 Å². The predicted octanol–water partition coefficient (Wildman–Crippen LogP) is 6.64. The number of carbonyl (C=O) groups is 2. The van der Waals surface area contributed by atoms with Gasteiger partial charge < -0.3 is 5.32 Å². The van der Waals surface area contributed by atoms with Crippen molar-refractivity contribution in [2.45, 2.75) is 76.9 Å². The number of hydrogen-bond donors (Lipinski definition) is 1. The summed E-state index contributed by atoms with van der Waals surface area (Å²) in [6, 6.07) is 17.3. The molecule has 2 aliphatic heterocycles. The average molecular weight is 496 g/mol. The Morgan fingerprint density at radius 3 is 2.51 bits per heavy atom. The summed E-state index contributed by atoms with van der Waals surface area (Å²) < 4.78 is 0. The highest BCUT2D eigenvalue weighted by Gasteiger charge is 2.43. The smallest absolute Gasteiger partial charge is 0.252 e. The van der Waals surface area contributed by atoms with Gasteiger partial charge in [0.05, 0.1) is 5.52 Å². The number of benzene rings is 2. The van der Waals surface area contributed by atoms with Crippen LogP contribution in [0.1, 0.15) is 103 Å². The Bertz CT molecular complexity index is 1320. The molecular weight excluding hydrogens is 458 g/mol. The van der Waals surface area contributed by atoms with Crippen LogP contribution in [-0.4, -0.2) is 34.2 Å². The maximum atomic E-state index is 13.0. The van der Waals surface area contributed by atoms with E-state index in [1.807, 2.05) is 50.2 Å². The van der Waals surface area contributed by atoms with Crippen molar-refractivity contribution in [3.05, 3.63) is 77.0 Å². The summed E-state index contributed by atoms with van der Waals surface area (Å²) in [4.78, 5) is 32.7. The van der Waals surface area contributed by atoms with E-state index in [4.69, 9.17) is 0 Å². The van der Waals surface area contributed by atoms with Crippen LogP contribution in [0.5, 0.6) is 0 Å². The first kappa shape index (κ1) is 24.3. The minimum atomic E-state index is 0.0174. The van der Waals surface area contributed by atoms with Crippen molar-refractivity contribution in [1.29, 1.82) is 0 Å². The van der Waals surface area contributed by atoms with Gasteiger partial charge in [-0.3, -0.25) is 19.5 Å². The minimum absolute atomic E-state index is 0.0174. The molecule has 2 fully saturated rings. The van der Waals surface area contributed by atoms with Crippen molar-refractivity contribution in [1.82, 2.24) is 15.2 Å². The molecule has 0 unspecified atom stereocenters. The van der Waals surface area contributed by atoms with Crippen molar-refractivity contribution < 1.29 is 9.59 Å². The Kier molecular flexibility index (Phi) is 6.58. The third-order valence-corrected chi connectivity index (χ3v) is 9.00. The fraction of sp³-hybridized carbons (Fsp3) is 0.469. The molecule has 3 aromatic rings. The number of pyridine rings is 1. The molecule has 3 heterocycles.